The number of carbonyl (C=O) groups excluding carboxylic acids is 1. The van der Waals surface area contributed by atoms with Gasteiger partial charge in [-0.1, -0.05) is 20.8 Å². The van der Waals surface area contributed by atoms with Gasteiger partial charge in [0.1, 0.15) is 0 Å². The first-order valence-electron chi connectivity index (χ1n) is 3.77. The molecule has 1 rings (SSSR count). The Morgan fingerprint density at radius 1 is 1.50 bits per heavy atom. The molecule has 58 valence electrons. The van der Waals surface area contributed by atoms with Crippen LogP contribution in [0.4, 0.5) is 0 Å². The van der Waals surface area contributed by atoms with Crippen molar-refractivity contribution in [2.24, 2.45) is 11.3 Å². The summed E-state index contributed by atoms with van der Waals surface area (Å²) in [5.74, 6) is 0.736. The largest absolute Gasteiger partial charge is 0.356 e. The van der Waals surface area contributed by atoms with Crippen LogP contribution in [0.3, 0.4) is 0 Å². The van der Waals surface area contributed by atoms with Crippen LogP contribution in [-0.2, 0) is 4.79 Å². The molecule has 1 saturated heterocycles. The zero-order chi connectivity index (χ0) is 7.78. The summed E-state index contributed by atoms with van der Waals surface area (Å²) in [6, 6.07) is 0. The molecule has 0 radical (unpaired) electrons. The maximum Gasteiger partial charge on any atom is 0.220 e. The summed E-state index contributed by atoms with van der Waals surface area (Å²) >= 11 is 0. The SMILES string of the molecule is CC(C)(C)C1CNC(=O)C1. The molecule has 1 aliphatic heterocycles. The minimum absolute atomic E-state index is 0.208. The fraction of sp³-hybridized carbons (Fsp3) is 0.875. The topological polar surface area (TPSA) is 29.1 Å². The Morgan fingerprint density at radius 2 is 2.10 bits per heavy atom. The van der Waals surface area contributed by atoms with Gasteiger partial charge in [0.2, 0.25) is 5.91 Å². The van der Waals surface area contributed by atoms with Crippen molar-refractivity contribution in [2.45, 2.75) is 27.2 Å². The molecule has 1 aliphatic rings. The molecular formula is C8H15NO. The van der Waals surface area contributed by atoms with Crippen molar-refractivity contribution in [1.29, 1.82) is 0 Å². The van der Waals surface area contributed by atoms with E-state index in [1.807, 2.05) is 0 Å². The Bertz CT molecular complexity index is 146. The Kier molecular flexibility index (Phi) is 1.71. The van der Waals surface area contributed by atoms with Gasteiger partial charge in [-0.3, -0.25) is 4.79 Å². The molecule has 1 unspecified atom stereocenters. The van der Waals surface area contributed by atoms with Crippen LogP contribution in [0.5, 0.6) is 0 Å². The zero-order valence-corrected chi connectivity index (χ0v) is 6.90. The lowest BCUT2D eigenvalue weighted by molar-refractivity contribution is -0.119. The number of hydrogen-bond donors (Lipinski definition) is 1. The Morgan fingerprint density at radius 3 is 2.30 bits per heavy atom. The number of nitrogens with one attached hydrogen (secondary N) is 1. The van der Waals surface area contributed by atoms with Crippen LogP contribution in [0, 0.1) is 11.3 Å². The lowest BCUT2D eigenvalue weighted by Crippen LogP contribution is -2.22. The van der Waals surface area contributed by atoms with Crippen molar-refractivity contribution in [3.8, 4) is 0 Å². The fourth-order valence-electron chi connectivity index (χ4n) is 1.22. The van der Waals surface area contributed by atoms with Crippen LogP contribution in [0.2, 0.25) is 0 Å². The predicted octanol–water partition coefficient (Wildman–Crippen LogP) is 1.17. The number of rotatable bonds is 0. The van der Waals surface area contributed by atoms with E-state index in [9.17, 15) is 4.79 Å². The number of hydrogen-bond acceptors (Lipinski definition) is 1. The van der Waals surface area contributed by atoms with E-state index >= 15 is 0 Å². The third-order valence-corrected chi connectivity index (χ3v) is 2.20. The van der Waals surface area contributed by atoms with Crippen molar-refractivity contribution in [3.05, 3.63) is 0 Å². The smallest absolute Gasteiger partial charge is 0.220 e. The van der Waals surface area contributed by atoms with E-state index in [2.05, 4.69) is 26.1 Å². The van der Waals surface area contributed by atoms with Crippen LogP contribution in [0.15, 0.2) is 0 Å². The van der Waals surface area contributed by atoms with E-state index < -0.39 is 0 Å². The molecule has 0 saturated carbocycles. The molecule has 0 aromatic carbocycles. The molecule has 1 atom stereocenters. The highest BCUT2D eigenvalue weighted by Crippen LogP contribution is 2.30. The van der Waals surface area contributed by atoms with Crippen molar-refractivity contribution < 1.29 is 4.79 Å². The average molecular weight is 141 g/mol. The molecule has 1 heterocycles. The van der Waals surface area contributed by atoms with Gasteiger partial charge in [0.25, 0.3) is 0 Å². The Balaban J connectivity index is 2.53. The second kappa shape index (κ2) is 2.26. The first-order chi connectivity index (χ1) is 4.50. The normalized spacial score (nSPS) is 26.7. The molecule has 2 nitrogen and oxygen atoms in total. The summed E-state index contributed by atoms with van der Waals surface area (Å²) in [7, 11) is 0. The van der Waals surface area contributed by atoms with E-state index in [-0.39, 0.29) is 11.3 Å². The number of amides is 1. The third kappa shape index (κ3) is 1.49. The molecular weight excluding hydrogens is 126 g/mol. The summed E-state index contributed by atoms with van der Waals surface area (Å²) in [5, 5.41) is 2.84. The number of carbonyl (C=O) groups is 1. The second-order valence-corrected chi connectivity index (χ2v) is 4.07. The van der Waals surface area contributed by atoms with Crippen LogP contribution in [-0.4, -0.2) is 12.5 Å². The molecule has 0 aromatic heterocycles. The van der Waals surface area contributed by atoms with Crippen molar-refractivity contribution in [2.75, 3.05) is 6.54 Å². The zero-order valence-electron chi connectivity index (χ0n) is 6.90. The minimum Gasteiger partial charge on any atom is -0.356 e. The molecule has 1 amide bonds. The second-order valence-electron chi connectivity index (χ2n) is 4.07. The van der Waals surface area contributed by atoms with Crippen LogP contribution in [0.25, 0.3) is 0 Å². The Hall–Kier alpha value is -0.530. The van der Waals surface area contributed by atoms with E-state index in [1.54, 1.807) is 0 Å². The van der Waals surface area contributed by atoms with Gasteiger partial charge in [-0.05, 0) is 11.3 Å². The van der Waals surface area contributed by atoms with E-state index in [0.29, 0.717) is 12.3 Å². The highest BCUT2D eigenvalue weighted by Gasteiger charge is 2.31. The summed E-state index contributed by atoms with van der Waals surface area (Å²) in [6.45, 7) is 7.40. The average Bonchev–Trinajstić information content (AvgIpc) is 2.11. The molecule has 1 N–H and O–H groups in total. The predicted molar refractivity (Wildman–Crippen MR) is 40.6 cm³/mol. The van der Waals surface area contributed by atoms with Crippen LogP contribution < -0.4 is 5.32 Å². The van der Waals surface area contributed by atoms with Crippen LogP contribution >= 0.6 is 0 Å². The van der Waals surface area contributed by atoms with Crippen molar-refractivity contribution >= 4 is 5.91 Å². The van der Waals surface area contributed by atoms with Gasteiger partial charge in [0.05, 0.1) is 0 Å². The molecule has 0 aliphatic carbocycles. The first-order valence-corrected chi connectivity index (χ1v) is 3.77. The molecule has 10 heavy (non-hydrogen) atoms. The van der Waals surface area contributed by atoms with Gasteiger partial charge in [0, 0.05) is 13.0 Å². The van der Waals surface area contributed by atoms with Gasteiger partial charge in [-0.15, -0.1) is 0 Å². The van der Waals surface area contributed by atoms with Gasteiger partial charge < -0.3 is 5.32 Å². The van der Waals surface area contributed by atoms with Gasteiger partial charge in [-0.2, -0.15) is 0 Å². The quantitative estimate of drug-likeness (QED) is 0.539. The van der Waals surface area contributed by atoms with Gasteiger partial charge in [-0.25, -0.2) is 0 Å². The third-order valence-electron chi connectivity index (χ3n) is 2.20. The summed E-state index contributed by atoms with van der Waals surface area (Å²) < 4.78 is 0. The lowest BCUT2D eigenvalue weighted by atomic mass is 9.80. The lowest BCUT2D eigenvalue weighted by Gasteiger charge is -2.24. The van der Waals surface area contributed by atoms with Gasteiger partial charge >= 0.3 is 0 Å². The summed E-state index contributed by atoms with van der Waals surface area (Å²) in [4.78, 5) is 10.8. The first kappa shape index (κ1) is 7.58. The summed E-state index contributed by atoms with van der Waals surface area (Å²) in [6.07, 6.45) is 0.712. The highest BCUT2D eigenvalue weighted by atomic mass is 16.1. The molecule has 2 heteroatoms. The molecule has 0 spiro atoms. The maximum absolute atomic E-state index is 10.8. The minimum atomic E-state index is 0.208. The van der Waals surface area contributed by atoms with E-state index in [4.69, 9.17) is 0 Å². The van der Waals surface area contributed by atoms with E-state index in [0.717, 1.165) is 6.54 Å². The molecule has 0 bridgehead atoms. The molecule has 1 fully saturated rings. The van der Waals surface area contributed by atoms with E-state index in [1.165, 1.54) is 0 Å². The fourth-order valence-corrected chi connectivity index (χ4v) is 1.22. The van der Waals surface area contributed by atoms with Crippen molar-refractivity contribution in [1.82, 2.24) is 5.32 Å². The monoisotopic (exact) mass is 141 g/mol. The maximum atomic E-state index is 10.8. The summed E-state index contributed by atoms with van der Waals surface area (Å²) in [5.41, 5.74) is 0.277. The van der Waals surface area contributed by atoms with Crippen molar-refractivity contribution in [3.63, 3.8) is 0 Å². The van der Waals surface area contributed by atoms with Gasteiger partial charge in [0.15, 0.2) is 0 Å². The van der Waals surface area contributed by atoms with Crippen LogP contribution in [0.1, 0.15) is 27.2 Å². The Labute approximate surface area is 62.0 Å². The highest BCUT2D eigenvalue weighted by molar-refractivity contribution is 5.78. The standard InChI is InChI=1S/C8H15NO/c1-8(2,3)6-4-7(10)9-5-6/h6H,4-5H2,1-3H3,(H,9,10). The molecule has 0 aromatic rings.